The molecule has 0 saturated heterocycles. The monoisotopic (exact) mass is 363 g/mol. The number of hydrogen-bond acceptors (Lipinski definition) is 8. The molecular weight excluding hydrogens is 346 g/mol. The van der Waals surface area contributed by atoms with Gasteiger partial charge in [0.25, 0.3) is 5.89 Å². The zero-order valence-corrected chi connectivity index (χ0v) is 14.4. The minimum atomic E-state index is 0.107. The molecule has 0 radical (unpaired) electrons. The first kappa shape index (κ1) is 15.7. The van der Waals surface area contributed by atoms with Crippen molar-refractivity contribution >= 4 is 16.9 Å². The van der Waals surface area contributed by atoms with Crippen molar-refractivity contribution in [2.45, 2.75) is 31.7 Å². The van der Waals surface area contributed by atoms with Crippen LogP contribution in [0.2, 0.25) is 0 Å². The quantitative estimate of drug-likeness (QED) is 0.586. The number of benzene rings is 1. The second-order valence-corrected chi connectivity index (χ2v) is 6.49. The van der Waals surface area contributed by atoms with Gasteiger partial charge in [0.05, 0.1) is 11.4 Å². The Morgan fingerprint density at radius 3 is 2.74 bits per heavy atom. The van der Waals surface area contributed by atoms with Gasteiger partial charge in [0.1, 0.15) is 17.9 Å². The standard InChI is InChI=1S/C18H17N7O2/c19-15-13-14(17-22-18(24-27-17)26-12-8-2-1-3-9-12)23-25(11-6-4-5-7-11)16(13)21-10-20-15/h1-3,8-11H,4-7H2,(H2,19,20,21). The van der Waals surface area contributed by atoms with Crippen molar-refractivity contribution in [1.82, 2.24) is 29.9 Å². The molecule has 4 aromatic rings. The molecule has 0 bridgehead atoms. The Hall–Kier alpha value is -3.49. The number of nitrogens with zero attached hydrogens (tertiary/aromatic N) is 6. The maximum atomic E-state index is 6.11. The molecule has 3 aromatic heterocycles. The topological polar surface area (TPSA) is 118 Å². The van der Waals surface area contributed by atoms with Crippen LogP contribution in [0.1, 0.15) is 31.7 Å². The molecule has 5 rings (SSSR count). The lowest BCUT2D eigenvalue weighted by atomic mass is 10.2. The van der Waals surface area contributed by atoms with Crippen LogP contribution in [0.4, 0.5) is 5.82 Å². The van der Waals surface area contributed by atoms with Gasteiger partial charge in [-0.15, -0.1) is 0 Å². The number of ether oxygens (including phenoxy) is 1. The van der Waals surface area contributed by atoms with Crippen LogP contribution in [-0.4, -0.2) is 29.9 Å². The van der Waals surface area contributed by atoms with Crippen molar-refractivity contribution < 1.29 is 9.26 Å². The Labute approximate surface area is 154 Å². The molecule has 1 aliphatic carbocycles. The van der Waals surface area contributed by atoms with Gasteiger partial charge >= 0.3 is 6.01 Å². The fourth-order valence-corrected chi connectivity index (χ4v) is 3.49. The average Bonchev–Trinajstić information content (AvgIpc) is 3.42. The van der Waals surface area contributed by atoms with E-state index in [2.05, 4.69) is 20.1 Å². The molecule has 136 valence electrons. The van der Waals surface area contributed by atoms with Gasteiger partial charge in [0.15, 0.2) is 11.3 Å². The highest BCUT2D eigenvalue weighted by Gasteiger charge is 2.27. The summed E-state index contributed by atoms with van der Waals surface area (Å²) in [5, 5.41) is 9.22. The van der Waals surface area contributed by atoms with E-state index in [1.54, 1.807) is 0 Å². The third-order valence-electron chi connectivity index (χ3n) is 4.75. The average molecular weight is 363 g/mol. The van der Waals surface area contributed by atoms with Crippen LogP contribution in [0.25, 0.3) is 22.6 Å². The van der Waals surface area contributed by atoms with E-state index < -0.39 is 0 Å². The third kappa shape index (κ3) is 2.77. The Kier molecular flexibility index (Phi) is 3.70. The second kappa shape index (κ2) is 6.35. The molecule has 3 heterocycles. The van der Waals surface area contributed by atoms with Gasteiger partial charge in [-0.05, 0) is 30.1 Å². The van der Waals surface area contributed by atoms with Crippen molar-refractivity contribution in [3.8, 4) is 23.3 Å². The number of hydrogen-bond donors (Lipinski definition) is 1. The molecule has 9 heteroatoms. The smallest absolute Gasteiger partial charge is 0.360 e. The van der Waals surface area contributed by atoms with Gasteiger partial charge in [-0.25, -0.2) is 14.6 Å². The molecular formula is C18H17N7O2. The fourth-order valence-electron chi connectivity index (χ4n) is 3.49. The minimum Gasteiger partial charge on any atom is -0.422 e. The van der Waals surface area contributed by atoms with E-state index in [-0.39, 0.29) is 11.9 Å². The lowest BCUT2D eigenvalue weighted by molar-refractivity contribution is 0.370. The summed E-state index contributed by atoms with van der Waals surface area (Å²) in [5.74, 6) is 1.18. The van der Waals surface area contributed by atoms with Crippen LogP contribution in [0.15, 0.2) is 41.2 Å². The molecule has 0 spiro atoms. The lowest BCUT2D eigenvalue weighted by Crippen LogP contribution is -2.07. The van der Waals surface area contributed by atoms with Crippen molar-refractivity contribution in [3.05, 3.63) is 36.7 Å². The van der Waals surface area contributed by atoms with Crippen LogP contribution < -0.4 is 10.5 Å². The van der Waals surface area contributed by atoms with Crippen LogP contribution >= 0.6 is 0 Å². The fraction of sp³-hybridized carbons (Fsp3) is 0.278. The van der Waals surface area contributed by atoms with E-state index in [1.165, 1.54) is 19.2 Å². The van der Waals surface area contributed by atoms with Crippen molar-refractivity contribution in [1.29, 1.82) is 0 Å². The lowest BCUT2D eigenvalue weighted by Gasteiger charge is -2.09. The predicted molar refractivity (Wildman–Crippen MR) is 97.0 cm³/mol. The van der Waals surface area contributed by atoms with Crippen molar-refractivity contribution in [3.63, 3.8) is 0 Å². The highest BCUT2D eigenvalue weighted by Crippen LogP contribution is 2.36. The summed E-state index contributed by atoms with van der Waals surface area (Å²) in [7, 11) is 0. The Morgan fingerprint density at radius 1 is 1.11 bits per heavy atom. The maximum absolute atomic E-state index is 6.11. The van der Waals surface area contributed by atoms with E-state index in [0.717, 1.165) is 12.8 Å². The van der Waals surface area contributed by atoms with Gasteiger partial charge in [-0.2, -0.15) is 10.1 Å². The van der Waals surface area contributed by atoms with Crippen LogP contribution in [0.5, 0.6) is 11.8 Å². The Bertz CT molecular complexity index is 1080. The van der Waals surface area contributed by atoms with E-state index in [9.17, 15) is 0 Å². The summed E-state index contributed by atoms with van der Waals surface area (Å²) in [6.45, 7) is 0. The maximum Gasteiger partial charge on any atom is 0.360 e. The first-order valence-electron chi connectivity index (χ1n) is 8.85. The highest BCUT2D eigenvalue weighted by atomic mass is 16.6. The summed E-state index contributed by atoms with van der Waals surface area (Å²) in [6.07, 6.45) is 5.93. The Balaban J connectivity index is 1.57. The highest BCUT2D eigenvalue weighted by molar-refractivity contribution is 5.96. The molecule has 27 heavy (non-hydrogen) atoms. The van der Waals surface area contributed by atoms with E-state index >= 15 is 0 Å². The molecule has 2 N–H and O–H groups in total. The largest absolute Gasteiger partial charge is 0.422 e. The zero-order valence-electron chi connectivity index (χ0n) is 14.4. The number of fused-ring (bicyclic) bond motifs is 1. The SMILES string of the molecule is Nc1ncnc2c1c(-c1nc(Oc3ccccc3)no1)nn2C1CCCC1. The van der Waals surface area contributed by atoms with Crippen LogP contribution in [0.3, 0.4) is 0 Å². The summed E-state index contributed by atoms with van der Waals surface area (Å²) in [6, 6.07) is 9.65. The van der Waals surface area contributed by atoms with Crippen molar-refractivity contribution in [2.24, 2.45) is 0 Å². The van der Waals surface area contributed by atoms with Gasteiger partial charge < -0.3 is 15.0 Å². The van der Waals surface area contributed by atoms with Crippen molar-refractivity contribution in [2.75, 3.05) is 5.73 Å². The normalized spacial score (nSPS) is 14.8. The van der Waals surface area contributed by atoms with E-state index in [4.69, 9.17) is 20.1 Å². The summed E-state index contributed by atoms with van der Waals surface area (Å²) < 4.78 is 12.9. The summed E-state index contributed by atoms with van der Waals surface area (Å²) in [4.78, 5) is 12.8. The van der Waals surface area contributed by atoms with Gasteiger partial charge in [-0.3, -0.25) is 0 Å². The summed E-state index contributed by atoms with van der Waals surface area (Å²) >= 11 is 0. The zero-order chi connectivity index (χ0) is 18.2. The number of aromatic nitrogens is 6. The molecule has 1 aromatic carbocycles. The molecule has 0 amide bonds. The van der Waals surface area contributed by atoms with Gasteiger partial charge in [0.2, 0.25) is 0 Å². The number of anilines is 1. The van der Waals surface area contributed by atoms with Gasteiger partial charge in [0, 0.05) is 0 Å². The van der Waals surface area contributed by atoms with E-state index in [1.807, 2.05) is 35.0 Å². The molecule has 9 nitrogen and oxygen atoms in total. The molecule has 1 saturated carbocycles. The molecule has 1 fully saturated rings. The molecule has 0 unspecified atom stereocenters. The van der Waals surface area contributed by atoms with E-state index in [0.29, 0.717) is 34.3 Å². The first-order chi connectivity index (χ1) is 13.3. The molecule has 1 aliphatic rings. The second-order valence-electron chi connectivity index (χ2n) is 6.49. The third-order valence-corrected chi connectivity index (χ3v) is 4.75. The minimum absolute atomic E-state index is 0.107. The predicted octanol–water partition coefficient (Wildman–Crippen LogP) is 3.37. The molecule has 0 aliphatic heterocycles. The van der Waals surface area contributed by atoms with Crippen LogP contribution in [0, 0.1) is 0 Å². The number of para-hydroxylation sites is 1. The number of nitrogens with two attached hydrogens (primary N) is 1. The number of rotatable bonds is 4. The summed E-state index contributed by atoms with van der Waals surface area (Å²) in [5.41, 5.74) is 7.28. The first-order valence-corrected chi connectivity index (χ1v) is 8.85. The van der Waals surface area contributed by atoms with Gasteiger partial charge in [-0.1, -0.05) is 31.0 Å². The number of nitrogen functional groups attached to an aromatic ring is 1. The van der Waals surface area contributed by atoms with Crippen LogP contribution in [-0.2, 0) is 0 Å². The molecule has 0 atom stereocenters. The Morgan fingerprint density at radius 2 is 1.93 bits per heavy atom.